The first-order valence-corrected chi connectivity index (χ1v) is 5.57. The van der Waals surface area contributed by atoms with Crippen molar-refractivity contribution in [3.8, 4) is 6.01 Å². The van der Waals surface area contributed by atoms with Crippen molar-refractivity contribution in [3.05, 3.63) is 41.2 Å². The van der Waals surface area contributed by atoms with E-state index in [2.05, 4.69) is 35.3 Å². The summed E-state index contributed by atoms with van der Waals surface area (Å²) in [5.41, 5.74) is 2.48. The van der Waals surface area contributed by atoms with E-state index < -0.39 is 0 Å². The summed E-state index contributed by atoms with van der Waals surface area (Å²) in [5, 5.41) is 8.22. The molecule has 17 heavy (non-hydrogen) atoms. The fourth-order valence-corrected chi connectivity index (χ4v) is 2.21. The Morgan fingerprint density at radius 3 is 2.88 bits per heavy atom. The Morgan fingerprint density at radius 1 is 1.24 bits per heavy atom. The molecule has 2 aromatic rings. The third kappa shape index (κ3) is 1.45. The normalized spacial score (nSPS) is 17.2. The lowest BCUT2D eigenvalue weighted by atomic mass is 9.96. The Kier molecular flexibility index (Phi) is 2.21. The molecule has 1 aromatic carbocycles. The maximum absolute atomic E-state index is 5.19. The van der Waals surface area contributed by atoms with Crippen LogP contribution < -0.4 is 4.74 Å². The molecule has 4 heteroatoms. The summed E-state index contributed by atoms with van der Waals surface area (Å²) in [6.07, 6.45) is 4.02. The van der Waals surface area contributed by atoms with Crippen LogP contribution in [0, 0.1) is 0 Å². The molecule has 2 heterocycles. The van der Waals surface area contributed by atoms with E-state index in [4.69, 9.17) is 4.74 Å². The van der Waals surface area contributed by atoms with Gasteiger partial charge in [-0.15, -0.1) is 5.10 Å². The van der Waals surface area contributed by atoms with Crippen LogP contribution in [0.4, 0.5) is 0 Å². The molecular weight excluding hydrogens is 214 g/mol. The zero-order chi connectivity index (χ0) is 11.8. The second kappa shape index (κ2) is 3.73. The molecule has 0 N–H and O–H groups in total. The van der Waals surface area contributed by atoms with Gasteiger partial charge in [-0.3, -0.25) is 4.57 Å². The van der Waals surface area contributed by atoms with Crippen molar-refractivity contribution in [2.24, 2.45) is 0 Å². The molecule has 1 aliphatic rings. The summed E-state index contributed by atoms with van der Waals surface area (Å²) in [6, 6.07) is 8.85. The molecule has 1 aliphatic heterocycles. The predicted octanol–water partition coefficient (Wildman–Crippen LogP) is 2.38. The van der Waals surface area contributed by atoms with Gasteiger partial charge in [0.2, 0.25) is 0 Å². The third-order valence-electron chi connectivity index (χ3n) is 3.13. The number of methoxy groups -OCH3 is 1. The van der Waals surface area contributed by atoms with Crippen LogP contribution >= 0.6 is 0 Å². The number of ether oxygens (including phenoxy) is 1. The quantitative estimate of drug-likeness (QED) is 0.751. The standard InChI is InChI=1S/C13H13N3O/c1-9-11-6-4-3-5-10(11)7-8-16-12(9)14-15-13(16)17-2/h3-9H,1-2H3. The topological polar surface area (TPSA) is 39.9 Å². The van der Waals surface area contributed by atoms with Gasteiger partial charge in [-0.05, 0) is 17.2 Å². The first kappa shape index (κ1) is 10.1. The van der Waals surface area contributed by atoms with E-state index in [1.807, 2.05) is 22.9 Å². The molecule has 0 fully saturated rings. The lowest BCUT2D eigenvalue weighted by molar-refractivity contribution is 0.373. The summed E-state index contributed by atoms with van der Waals surface area (Å²) < 4.78 is 7.09. The zero-order valence-electron chi connectivity index (χ0n) is 9.79. The number of rotatable bonds is 1. The Hall–Kier alpha value is -2.10. The summed E-state index contributed by atoms with van der Waals surface area (Å²) in [4.78, 5) is 0. The van der Waals surface area contributed by atoms with Crippen LogP contribution in [0.2, 0.25) is 0 Å². The molecule has 1 unspecified atom stereocenters. The molecule has 4 nitrogen and oxygen atoms in total. The van der Waals surface area contributed by atoms with E-state index in [1.165, 1.54) is 11.1 Å². The first-order valence-electron chi connectivity index (χ1n) is 5.57. The maximum atomic E-state index is 5.19. The van der Waals surface area contributed by atoms with Crippen molar-refractivity contribution in [3.63, 3.8) is 0 Å². The summed E-state index contributed by atoms with van der Waals surface area (Å²) in [5.74, 6) is 1.11. The second-order valence-electron chi connectivity index (χ2n) is 4.08. The van der Waals surface area contributed by atoms with Crippen LogP contribution in [0.5, 0.6) is 6.01 Å². The molecule has 0 radical (unpaired) electrons. The number of fused-ring (bicyclic) bond motifs is 2. The molecule has 0 saturated carbocycles. The number of nitrogens with zero attached hydrogens (tertiary/aromatic N) is 3. The molecule has 0 spiro atoms. The average Bonchev–Trinajstić information content (AvgIpc) is 2.73. The molecule has 0 aliphatic carbocycles. The van der Waals surface area contributed by atoms with Crippen molar-refractivity contribution in [2.45, 2.75) is 12.8 Å². The second-order valence-corrected chi connectivity index (χ2v) is 4.08. The zero-order valence-corrected chi connectivity index (χ0v) is 9.79. The molecule has 86 valence electrons. The minimum Gasteiger partial charge on any atom is -0.467 e. The van der Waals surface area contributed by atoms with Crippen molar-refractivity contribution in [1.29, 1.82) is 0 Å². The van der Waals surface area contributed by atoms with Crippen LogP contribution in [0.3, 0.4) is 0 Å². The van der Waals surface area contributed by atoms with Gasteiger partial charge in [0.05, 0.1) is 7.11 Å². The van der Waals surface area contributed by atoms with Gasteiger partial charge in [0.25, 0.3) is 0 Å². The van der Waals surface area contributed by atoms with Gasteiger partial charge in [-0.25, -0.2) is 0 Å². The lowest BCUT2D eigenvalue weighted by Gasteiger charge is -2.11. The minimum atomic E-state index is 0.206. The largest absolute Gasteiger partial charge is 0.467 e. The Morgan fingerprint density at radius 2 is 2.06 bits per heavy atom. The van der Waals surface area contributed by atoms with E-state index in [0.717, 1.165) is 5.82 Å². The van der Waals surface area contributed by atoms with Gasteiger partial charge in [0, 0.05) is 12.1 Å². The SMILES string of the molecule is COc1nnc2n1C=Cc1ccccc1C2C. The molecule has 3 rings (SSSR count). The van der Waals surface area contributed by atoms with Crippen molar-refractivity contribution < 1.29 is 4.74 Å². The van der Waals surface area contributed by atoms with Gasteiger partial charge in [-0.1, -0.05) is 36.3 Å². The van der Waals surface area contributed by atoms with Crippen LogP contribution in [0.1, 0.15) is 29.8 Å². The number of aromatic nitrogens is 3. The van der Waals surface area contributed by atoms with E-state index >= 15 is 0 Å². The summed E-state index contributed by atoms with van der Waals surface area (Å²) in [6.45, 7) is 2.13. The monoisotopic (exact) mass is 227 g/mol. The highest BCUT2D eigenvalue weighted by atomic mass is 16.5. The number of benzene rings is 1. The minimum absolute atomic E-state index is 0.206. The van der Waals surface area contributed by atoms with Gasteiger partial charge in [0.1, 0.15) is 5.82 Å². The molecule has 1 aromatic heterocycles. The lowest BCUT2D eigenvalue weighted by Crippen LogP contribution is -2.03. The first-order chi connectivity index (χ1) is 8.31. The number of hydrogen-bond acceptors (Lipinski definition) is 3. The van der Waals surface area contributed by atoms with Gasteiger partial charge in [-0.2, -0.15) is 0 Å². The molecule has 0 amide bonds. The fourth-order valence-electron chi connectivity index (χ4n) is 2.21. The molecule has 1 atom stereocenters. The average molecular weight is 227 g/mol. The summed E-state index contributed by atoms with van der Waals surface area (Å²) in [7, 11) is 1.60. The Bertz CT molecular complexity index is 586. The van der Waals surface area contributed by atoms with E-state index in [0.29, 0.717) is 6.01 Å². The highest BCUT2D eigenvalue weighted by Gasteiger charge is 2.22. The van der Waals surface area contributed by atoms with E-state index in [9.17, 15) is 0 Å². The highest BCUT2D eigenvalue weighted by Crippen LogP contribution is 2.31. The Balaban J connectivity index is 2.22. The smallest absolute Gasteiger partial charge is 0.320 e. The maximum Gasteiger partial charge on any atom is 0.320 e. The summed E-state index contributed by atoms with van der Waals surface area (Å²) >= 11 is 0. The highest BCUT2D eigenvalue weighted by molar-refractivity contribution is 5.67. The van der Waals surface area contributed by atoms with Gasteiger partial charge >= 0.3 is 6.01 Å². The van der Waals surface area contributed by atoms with Gasteiger partial charge in [0.15, 0.2) is 0 Å². The molecule has 0 bridgehead atoms. The predicted molar refractivity (Wildman–Crippen MR) is 65.8 cm³/mol. The van der Waals surface area contributed by atoms with E-state index in [-0.39, 0.29) is 5.92 Å². The van der Waals surface area contributed by atoms with Crippen LogP contribution in [0.15, 0.2) is 24.3 Å². The van der Waals surface area contributed by atoms with Crippen molar-refractivity contribution in [2.75, 3.05) is 7.11 Å². The fraction of sp³-hybridized carbons (Fsp3) is 0.231. The van der Waals surface area contributed by atoms with E-state index in [1.54, 1.807) is 7.11 Å². The molecule has 0 saturated heterocycles. The van der Waals surface area contributed by atoms with Crippen LogP contribution in [0.25, 0.3) is 12.3 Å². The number of hydrogen-bond donors (Lipinski definition) is 0. The van der Waals surface area contributed by atoms with Crippen molar-refractivity contribution >= 4 is 12.3 Å². The third-order valence-corrected chi connectivity index (χ3v) is 3.13. The van der Waals surface area contributed by atoms with Crippen molar-refractivity contribution in [1.82, 2.24) is 14.8 Å². The van der Waals surface area contributed by atoms with Crippen LogP contribution in [-0.2, 0) is 0 Å². The van der Waals surface area contributed by atoms with Gasteiger partial charge < -0.3 is 4.74 Å². The van der Waals surface area contributed by atoms with Crippen LogP contribution in [-0.4, -0.2) is 21.9 Å². The molecular formula is C13H13N3O. The Labute approximate surface area is 99.6 Å².